The molecule has 2 heterocycles. The number of aryl methyl sites for hydroxylation is 1. The summed E-state index contributed by atoms with van der Waals surface area (Å²) in [6.45, 7) is 2.33. The van der Waals surface area contributed by atoms with Gasteiger partial charge < -0.3 is 14.4 Å². The normalized spacial score (nSPS) is 16.6. The Hall–Kier alpha value is -2.48. The van der Waals surface area contributed by atoms with Crippen LogP contribution in [0, 0.1) is 6.92 Å². The van der Waals surface area contributed by atoms with E-state index in [-0.39, 0.29) is 23.4 Å². The first kappa shape index (κ1) is 18.3. The van der Waals surface area contributed by atoms with Crippen LogP contribution >= 0.6 is 11.8 Å². The van der Waals surface area contributed by atoms with E-state index in [2.05, 4.69) is 4.98 Å². The van der Waals surface area contributed by atoms with Crippen molar-refractivity contribution in [2.45, 2.75) is 18.8 Å². The minimum Gasteiger partial charge on any atom is -0.497 e. The molecule has 1 aromatic heterocycles. The van der Waals surface area contributed by atoms with E-state index in [1.807, 2.05) is 18.2 Å². The molecule has 0 saturated carbocycles. The Morgan fingerprint density at radius 1 is 1.31 bits per heavy atom. The van der Waals surface area contributed by atoms with Crippen LogP contribution in [0.1, 0.15) is 16.6 Å². The maximum Gasteiger partial charge on any atom is 0.253 e. The zero-order valence-electron chi connectivity index (χ0n) is 15.0. The number of rotatable bonds is 5. The van der Waals surface area contributed by atoms with Crippen molar-refractivity contribution in [1.82, 2.24) is 14.5 Å². The molecule has 1 amide bonds. The summed E-state index contributed by atoms with van der Waals surface area (Å²) in [5.41, 5.74) is 1.29. The first-order chi connectivity index (χ1) is 12.5. The van der Waals surface area contributed by atoms with Gasteiger partial charge in [-0.15, -0.1) is 11.8 Å². The van der Waals surface area contributed by atoms with Crippen molar-refractivity contribution in [2.75, 3.05) is 26.5 Å². The number of methoxy groups -OCH3 is 2. The summed E-state index contributed by atoms with van der Waals surface area (Å²) in [7, 11) is 3.21. The highest BCUT2D eigenvalue weighted by molar-refractivity contribution is 7.99. The van der Waals surface area contributed by atoms with Crippen molar-refractivity contribution in [1.29, 1.82) is 0 Å². The highest BCUT2D eigenvalue weighted by atomic mass is 32.2. The van der Waals surface area contributed by atoms with E-state index < -0.39 is 0 Å². The lowest BCUT2D eigenvalue weighted by Gasteiger charge is -2.26. The van der Waals surface area contributed by atoms with Gasteiger partial charge in [-0.1, -0.05) is 0 Å². The van der Waals surface area contributed by atoms with Crippen LogP contribution in [0.3, 0.4) is 0 Å². The van der Waals surface area contributed by atoms with E-state index >= 15 is 0 Å². The summed E-state index contributed by atoms with van der Waals surface area (Å²) in [6, 6.07) is 6.98. The fourth-order valence-corrected chi connectivity index (χ4v) is 4.18. The molecule has 8 heteroatoms. The molecule has 0 N–H and O–H groups in total. The molecule has 1 fully saturated rings. The summed E-state index contributed by atoms with van der Waals surface area (Å²) < 4.78 is 12.1. The van der Waals surface area contributed by atoms with Gasteiger partial charge in [0.2, 0.25) is 5.91 Å². The molecule has 26 heavy (non-hydrogen) atoms. The fraction of sp³-hybridized carbons (Fsp3) is 0.389. The minimum atomic E-state index is -0.229. The van der Waals surface area contributed by atoms with E-state index in [4.69, 9.17) is 9.47 Å². The third-order valence-corrected chi connectivity index (χ3v) is 5.48. The number of ether oxygens (including phenoxy) is 2. The number of hydrogen-bond acceptors (Lipinski definition) is 6. The lowest BCUT2D eigenvalue weighted by atomic mass is 10.1. The van der Waals surface area contributed by atoms with Gasteiger partial charge >= 0.3 is 0 Å². The summed E-state index contributed by atoms with van der Waals surface area (Å²) in [5.74, 6) is 2.10. The Morgan fingerprint density at radius 2 is 2.12 bits per heavy atom. The Kier molecular flexibility index (Phi) is 5.51. The third-order valence-electron chi connectivity index (χ3n) is 4.24. The van der Waals surface area contributed by atoms with Crippen molar-refractivity contribution >= 4 is 17.7 Å². The van der Waals surface area contributed by atoms with Gasteiger partial charge in [0.25, 0.3) is 5.56 Å². The topological polar surface area (TPSA) is 73.7 Å². The molecular weight excluding hydrogens is 354 g/mol. The monoisotopic (exact) mass is 375 g/mol. The van der Waals surface area contributed by atoms with Crippen LogP contribution in [0.5, 0.6) is 11.5 Å². The van der Waals surface area contributed by atoms with Crippen LogP contribution in [0.15, 0.2) is 35.4 Å². The zero-order valence-corrected chi connectivity index (χ0v) is 15.8. The van der Waals surface area contributed by atoms with E-state index in [0.717, 1.165) is 11.3 Å². The molecule has 1 saturated heterocycles. The Balaban J connectivity index is 1.86. The smallest absolute Gasteiger partial charge is 0.253 e. The molecule has 1 unspecified atom stereocenters. The van der Waals surface area contributed by atoms with Crippen LogP contribution in [0.2, 0.25) is 0 Å². The molecule has 0 spiro atoms. The first-order valence-electron chi connectivity index (χ1n) is 8.19. The molecule has 1 atom stereocenters. The van der Waals surface area contributed by atoms with Crippen molar-refractivity contribution in [3.05, 3.63) is 52.2 Å². The number of aromatic nitrogens is 2. The fourth-order valence-electron chi connectivity index (χ4n) is 2.89. The predicted octanol–water partition coefficient (Wildman–Crippen LogP) is 1.84. The quantitative estimate of drug-likeness (QED) is 0.794. The zero-order chi connectivity index (χ0) is 18.7. The molecule has 1 aliphatic heterocycles. The third kappa shape index (κ3) is 3.70. The number of benzene rings is 1. The summed E-state index contributed by atoms with van der Waals surface area (Å²) >= 11 is 1.66. The molecule has 2 aromatic rings. The highest BCUT2D eigenvalue weighted by Crippen LogP contribution is 2.43. The minimum absolute atomic E-state index is 0.0323. The van der Waals surface area contributed by atoms with Gasteiger partial charge in [0, 0.05) is 29.6 Å². The average Bonchev–Trinajstić information content (AvgIpc) is 3.13. The summed E-state index contributed by atoms with van der Waals surface area (Å²) in [5, 5.41) is -0.179. The standard InChI is InChI=1S/C18H21N3O4S/c1-12-8-16(22)20(11-19-12)10-17(23)21-6-7-26-18(21)14-9-13(24-2)4-5-15(14)25-3/h4-5,8-9,11,18H,6-7,10H2,1-3H3. The second kappa shape index (κ2) is 7.82. The molecule has 0 radical (unpaired) electrons. The lowest BCUT2D eigenvalue weighted by Crippen LogP contribution is -2.36. The van der Waals surface area contributed by atoms with Gasteiger partial charge in [0.15, 0.2) is 0 Å². The summed E-state index contributed by atoms with van der Waals surface area (Å²) in [6.07, 6.45) is 1.42. The van der Waals surface area contributed by atoms with Gasteiger partial charge in [-0.3, -0.25) is 14.2 Å². The van der Waals surface area contributed by atoms with E-state index in [0.29, 0.717) is 23.7 Å². The SMILES string of the molecule is COc1ccc(OC)c(C2SCCN2C(=O)Cn2cnc(C)cc2=O)c1. The highest BCUT2D eigenvalue weighted by Gasteiger charge is 2.33. The van der Waals surface area contributed by atoms with Gasteiger partial charge in [-0.05, 0) is 25.1 Å². The van der Waals surface area contributed by atoms with Gasteiger partial charge in [-0.2, -0.15) is 0 Å². The van der Waals surface area contributed by atoms with Gasteiger partial charge in [-0.25, -0.2) is 4.98 Å². The number of carbonyl (C=O) groups is 1. The maximum atomic E-state index is 12.8. The largest absolute Gasteiger partial charge is 0.497 e. The Labute approximate surface area is 155 Å². The molecule has 138 valence electrons. The maximum absolute atomic E-state index is 12.8. The van der Waals surface area contributed by atoms with Crippen LogP contribution in [0.4, 0.5) is 0 Å². The molecule has 7 nitrogen and oxygen atoms in total. The van der Waals surface area contributed by atoms with Crippen LogP contribution in [0.25, 0.3) is 0 Å². The van der Waals surface area contributed by atoms with Crippen LogP contribution in [-0.2, 0) is 11.3 Å². The van der Waals surface area contributed by atoms with Gasteiger partial charge in [0.05, 0.1) is 20.5 Å². The van der Waals surface area contributed by atoms with Crippen molar-refractivity contribution in [3.8, 4) is 11.5 Å². The van der Waals surface area contributed by atoms with Crippen molar-refractivity contribution < 1.29 is 14.3 Å². The Bertz CT molecular complexity index is 868. The number of nitrogens with zero attached hydrogens (tertiary/aromatic N) is 3. The second-order valence-electron chi connectivity index (χ2n) is 5.91. The second-order valence-corrected chi connectivity index (χ2v) is 7.10. The van der Waals surface area contributed by atoms with Crippen LogP contribution in [-0.4, -0.2) is 46.9 Å². The first-order valence-corrected chi connectivity index (χ1v) is 9.24. The molecule has 0 bridgehead atoms. The van der Waals surface area contributed by atoms with E-state index in [9.17, 15) is 9.59 Å². The summed E-state index contributed by atoms with van der Waals surface area (Å²) in [4.78, 5) is 30.7. The lowest BCUT2D eigenvalue weighted by molar-refractivity contribution is -0.132. The Morgan fingerprint density at radius 3 is 2.81 bits per heavy atom. The molecule has 0 aliphatic carbocycles. The molecular formula is C18H21N3O4S. The number of amides is 1. The van der Waals surface area contributed by atoms with Crippen LogP contribution < -0.4 is 15.0 Å². The molecule has 1 aliphatic rings. The predicted molar refractivity (Wildman–Crippen MR) is 99.7 cm³/mol. The molecule has 3 rings (SSSR count). The van der Waals surface area contributed by atoms with E-state index in [1.165, 1.54) is 17.0 Å². The number of thioether (sulfide) groups is 1. The number of hydrogen-bond donors (Lipinski definition) is 0. The molecule has 1 aromatic carbocycles. The average molecular weight is 375 g/mol. The van der Waals surface area contributed by atoms with Gasteiger partial charge in [0.1, 0.15) is 23.4 Å². The van der Waals surface area contributed by atoms with Crippen molar-refractivity contribution in [2.24, 2.45) is 0 Å². The van der Waals surface area contributed by atoms with E-state index in [1.54, 1.807) is 37.8 Å². The number of carbonyl (C=O) groups excluding carboxylic acids is 1. The van der Waals surface area contributed by atoms with Crippen molar-refractivity contribution in [3.63, 3.8) is 0 Å².